The first-order chi connectivity index (χ1) is 22.6. The fraction of sp³-hybridized carbons (Fsp3) is 0.297. The van der Waals surface area contributed by atoms with Gasteiger partial charge in [-0.25, -0.2) is 8.42 Å². The van der Waals surface area contributed by atoms with Gasteiger partial charge in [-0.15, -0.1) is 0 Å². The molecule has 1 saturated carbocycles. The Morgan fingerprint density at radius 3 is 2.19 bits per heavy atom. The number of anilines is 1. The molecule has 0 saturated heterocycles. The molecule has 0 radical (unpaired) electrons. The van der Waals surface area contributed by atoms with E-state index >= 15 is 0 Å². The van der Waals surface area contributed by atoms with Gasteiger partial charge in [0.15, 0.2) is 0 Å². The first kappa shape index (κ1) is 34.5. The molecule has 0 aromatic heterocycles. The minimum Gasteiger partial charge on any atom is -0.352 e. The van der Waals surface area contributed by atoms with Gasteiger partial charge < -0.3 is 10.2 Å². The second kappa shape index (κ2) is 15.8. The van der Waals surface area contributed by atoms with Crippen LogP contribution in [0, 0.1) is 6.92 Å². The molecule has 0 bridgehead atoms. The van der Waals surface area contributed by atoms with Crippen LogP contribution in [0.15, 0.2) is 108 Å². The summed E-state index contributed by atoms with van der Waals surface area (Å²) < 4.78 is 29.4. The number of rotatable bonds is 12. The molecule has 0 spiro atoms. The van der Waals surface area contributed by atoms with Crippen LogP contribution in [0.1, 0.15) is 48.8 Å². The van der Waals surface area contributed by atoms with Crippen LogP contribution in [-0.2, 0) is 32.6 Å². The van der Waals surface area contributed by atoms with Crippen molar-refractivity contribution in [2.45, 2.75) is 69.0 Å². The lowest BCUT2D eigenvalue weighted by molar-refractivity contribution is -0.140. The van der Waals surface area contributed by atoms with Crippen molar-refractivity contribution in [1.82, 2.24) is 10.2 Å². The number of hydrogen-bond donors (Lipinski definition) is 1. The fourth-order valence-corrected chi connectivity index (χ4v) is 7.86. The third-order valence-corrected chi connectivity index (χ3v) is 10.9. The van der Waals surface area contributed by atoms with E-state index in [1.165, 1.54) is 17.0 Å². The number of hydrogen-bond acceptors (Lipinski definition) is 4. The lowest BCUT2D eigenvalue weighted by Gasteiger charge is -2.35. The van der Waals surface area contributed by atoms with Crippen molar-refractivity contribution < 1.29 is 18.0 Å². The van der Waals surface area contributed by atoms with Crippen LogP contribution < -0.4 is 9.62 Å². The monoisotopic (exact) mass is 691 g/mol. The van der Waals surface area contributed by atoms with E-state index < -0.39 is 28.5 Å². The number of sulfonamides is 1. The number of nitrogens with zero attached hydrogens (tertiary/aromatic N) is 2. The molecule has 4 aromatic carbocycles. The molecule has 0 heterocycles. The quantitative estimate of drug-likeness (QED) is 0.166. The van der Waals surface area contributed by atoms with E-state index in [4.69, 9.17) is 23.2 Å². The maximum absolute atomic E-state index is 14.7. The van der Waals surface area contributed by atoms with Crippen LogP contribution in [-0.4, -0.2) is 43.8 Å². The van der Waals surface area contributed by atoms with Crippen LogP contribution in [0.25, 0.3) is 0 Å². The highest BCUT2D eigenvalue weighted by molar-refractivity contribution is 7.92. The molecule has 1 atom stereocenters. The van der Waals surface area contributed by atoms with Crippen molar-refractivity contribution in [1.29, 1.82) is 0 Å². The molecule has 2 amide bonds. The Hall–Kier alpha value is -3.85. The molecule has 1 aliphatic rings. The summed E-state index contributed by atoms with van der Waals surface area (Å²) in [6, 6.07) is 28.6. The minimum absolute atomic E-state index is 0.00726. The van der Waals surface area contributed by atoms with Gasteiger partial charge in [-0.05, 0) is 72.9 Å². The second-order valence-electron chi connectivity index (χ2n) is 12.0. The van der Waals surface area contributed by atoms with Gasteiger partial charge in [-0.1, -0.05) is 109 Å². The van der Waals surface area contributed by atoms with Gasteiger partial charge in [-0.2, -0.15) is 0 Å². The van der Waals surface area contributed by atoms with Crippen LogP contribution in [0.5, 0.6) is 0 Å². The Bertz CT molecular complexity index is 1780. The van der Waals surface area contributed by atoms with Crippen molar-refractivity contribution in [3.05, 3.63) is 130 Å². The molecule has 0 aliphatic heterocycles. The molecule has 7 nitrogen and oxygen atoms in total. The maximum Gasteiger partial charge on any atom is 0.264 e. The van der Waals surface area contributed by atoms with E-state index in [1.54, 1.807) is 54.6 Å². The zero-order valence-electron chi connectivity index (χ0n) is 26.3. The van der Waals surface area contributed by atoms with E-state index in [2.05, 4.69) is 5.32 Å². The largest absolute Gasteiger partial charge is 0.352 e. The van der Waals surface area contributed by atoms with Crippen LogP contribution in [0.2, 0.25) is 10.0 Å². The van der Waals surface area contributed by atoms with Gasteiger partial charge in [0.05, 0.1) is 10.6 Å². The lowest BCUT2D eigenvalue weighted by Crippen LogP contribution is -2.55. The van der Waals surface area contributed by atoms with E-state index in [1.807, 2.05) is 43.3 Å². The van der Waals surface area contributed by atoms with E-state index in [0.29, 0.717) is 21.3 Å². The van der Waals surface area contributed by atoms with Crippen LogP contribution in [0.4, 0.5) is 5.69 Å². The molecular formula is C37H39Cl2N3O4S. The highest BCUT2D eigenvalue weighted by atomic mass is 35.5. The predicted octanol–water partition coefficient (Wildman–Crippen LogP) is 7.59. The molecule has 4 aromatic rings. The summed E-state index contributed by atoms with van der Waals surface area (Å²) in [6.07, 6.45) is 5.16. The summed E-state index contributed by atoms with van der Waals surface area (Å²) >= 11 is 12.8. The zero-order valence-corrected chi connectivity index (χ0v) is 28.6. The van der Waals surface area contributed by atoms with Gasteiger partial charge in [0.1, 0.15) is 12.6 Å². The van der Waals surface area contributed by atoms with E-state index in [-0.39, 0.29) is 29.8 Å². The summed E-state index contributed by atoms with van der Waals surface area (Å²) in [4.78, 5) is 30.4. The number of nitrogens with one attached hydrogen (secondary N) is 1. The van der Waals surface area contributed by atoms with Crippen molar-refractivity contribution in [2.75, 3.05) is 10.8 Å². The van der Waals surface area contributed by atoms with Crippen molar-refractivity contribution in [3.63, 3.8) is 0 Å². The molecule has 1 aliphatic carbocycles. The van der Waals surface area contributed by atoms with E-state index in [9.17, 15) is 18.0 Å². The van der Waals surface area contributed by atoms with Gasteiger partial charge in [0.2, 0.25) is 11.8 Å². The van der Waals surface area contributed by atoms with Crippen LogP contribution in [0.3, 0.4) is 0 Å². The van der Waals surface area contributed by atoms with Crippen molar-refractivity contribution in [2.24, 2.45) is 0 Å². The highest BCUT2D eigenvalue weighted by Crippen LogP contribution is 2.28. The molecule has 10 heteroatoms. The highest BCUT2D eigenvalue weighted by Gasteiger charge is 2.35. The average molecular weight is 693 g/mol. The second-order valence-corrected chi connectivity index (χ2v) is 14.7. The number of carbonyl (C=O) groups excluding carboxylic acids is 2. The molecular weight excluding hydrogens is 653 g/mol. The first-order valence-corrected chi connectivity index (χ1v) is 18.0. The van der Waals surface area contributed by atoms with Gasteiger partial charge >= 0.3 is 0 Å². The normalized spacial score (nSPS) is 14.3. The zero-order chi connectivity index (χ0) is 33.4. The summed E-state index contributed by atoms with van der Waals surface area (Å²) in [5.74, 6) is -0.830. The SMILES string of the molecule is Cc1cccc(N(CC(=O)N(Cc2ccc(Cl)cc2Cl)C(Cc2ccccc2)C(=O)NC2CCCCC2)S(=O)(=O)c2ccccc2)c1. The first-order valence-electron chi connectivity index (χ1n) is 15.8. The van der Waals surface area contributed by atoms with Crippen LogP contribution >= 0.6 is 23.2 Å². The average Bonchev–Trinajstić information content (AvgIpc) is 3.07. The third kappa shape index (κ3) is 8.95. The topological polar surface area (TPSA) is 86.8 Å². The lowest BCUT2D eigenvalue weighted by atomic mass is 9.94. The molecule has 47 heavy (non-hydrogen) atoms. The standard InChI is InChI=1S/C37H39Cl2N3O4S/c1-27-12-11-17-32(22-27)42(47(45,46)33-18-9-4-10-19-33)26-36(43)41(25-29-20-21-30(38)24-34(29)39)35(23-28-13-5-2-6-14-28)37(44)40-31-15-7-3-8-16-31/h2,4-6,9-14,17-22,24,31,35H,3,7-8,15-16,23,25-26H2,1H3,(H,40,44). The predicted molar refractivity (Wildman–Crippen MR) is 188 cm³/mol. The number of halogens is 2. The Morgan fingerprint density at radius 2 is 1.53 bits per heavy atom. The molecule has 1 fully saturated rings. The van der Waals surface area contributed by atoms with E-state index in [0.717, 1.165) is 47.5 Å². The fourth-order valence-electron chi connectivity index (χ4n) is 5.96. The van der Waals surface area contributed by atoms with Gasteiger partial charge in [0.25, 0.3) is 10.0 Å². The molecule has 5 rings (SSSR count). The molecule has 246 valence electrons. The maximum atomic E-state index is 14.7. The Morgan fingerprint density at radius 1 is 0.851 bits per heavy atom. The number of benzene rings is 4. The minimum atomic E-state index is -4.17. The summed E-state index contributed by atoms with van der Waals surface area (Å²) in [5, 5.41) is 3.99. The van der Waals surface area contributed by atoms with Crippen molar-refractivity contribution >= 4 is 50.7 Å². The Balaban J connectivity index is 1.58. The Kier molecular flexibility index (Phi) is 11.6. The van der Waals surface area contributed by atoms with Gasteiger partial charge in [0, 0.05) is 29.1 Å². The number of carbonyl (C=O) groups is 2. The summed E-state index contributed by atoms with van der Waals surface area (Å²) in [6.45, 7) is 1.30. The molecule has 1 N–H and O–H groups in total. The summed E-state index contributed by atoms with van der Waals surface area (Å²) in [5.41, 5.74) is 2.63. The van der Waals surface area contributed by atoms with Gasteiger partial charge in [-0.3, -0.25) is 13.9 Å². The summed E-state index contributed by atoms with van der Waals surface area (Å²) in [7, 11) is -4.17. The van der Waals surface area contributed by atoms with Crippen molar-refractivity contribution in [3.8, 4) is 0 Å². The number of aryl methyl sites for hydroxylation is 1. The third-order valence-electron chi connectivity index (χ3n) is 8.48. The Labute approximate surface area is 287 Å². The smallest absolute Gasteiger partial charge is 0.264 e. The number of amides is 2. The molecule has 1 unspecified atom stereocenters.